The minimum Gasteiger partial charge on any atom is -0.474 e. The Morgan fingerprint density at radius 3 is 2.58 bits per heavy atom. The van der Waals surface area contributed by atoms with Gasteiger partial charge in [0.25, 0.3) is 5.91 Å². The minimum absolute atomic E-state index is 0.118. The van der Waals surface area contributed by atoms with E-state index in [-0.39, 0.29) is 22.7 Å². The summed E-state index contributed by atoms with van der Waals surface area (Å²) in [4.78, 5) is 12.6. The number of halogens is 2. The molecule has 0 bridgehead atoms. The molecular weight excluding hydrogens is 331 g/mol. The van der Waals surface area contributed by atoms with Crippen molar-refractivity contribution in [3.05, 3.63) is 64.9 Å². The lowest BCUT2D eigenvalue weighted by atomic mass is 10.1. The highest BCUT2D eigenvalue weighted by Gasteiger charge is 2.23. The summed E-state index contributed by atoms with van der Waals surface area (Å²) < 4.78 is 19.0. The maximum absolute atomic E-state index is 13.2. The van der Waals surface area contributed by atoms with Gasteiger partial charge in [-0.2, -0.15) is 0 Å². The van der Waals surface area contributed by atoms with E-state index in [1.54, 1.807) is 12.1 Å². The van der Waals surface area contributed by atoms with Crippen LogP contribution in [0.1, 0.15) is 18.6 Å². The zero-order valence-electron chi connectivity index (χ0n) is 13.6. The number of amides is 1. The maximum Gasteiger partial charge on any atom is 0.265 e. The lowest BCUT2D eigenvalue weighted by molar-refractivity contribution is -0.128. The highest BCUT2D eigenvalue weighted by atomic mass is 35.5. The lowest BCUT2D eigenvalue weighted by Gasteiger charge is -2.21. The molecule has 2 aromatic rings. The van der Waals surface area contributed by atoms with Gasteiger partial charge < -0.3 is 15.4 Å². The zero-order valence-corrected chi connectivity index (χ0v) is 14.3. The van der Waals surface area contributed by atoms with E-state index >= 15 is 0 Å². The van der Waals surface area contributed by atoms with Crippen molar-refractivity contribution in [3.8, 4) is 5.75 Å². The van der Waals surface area contributed by atoms with Gasteiger partial charge in [-0.3, -0.25) is 4.79 Å². The van der Waals surface area contributed by atoms with Crippen molar-refractivity contribution in [1.29, 1.82) is 0 Å². The summed E-state index contributed by atoms with van der Waals surface area (Å²) in [5.41, 5.74) is 0.688. The van der Waals surface area contributed by atoms with Gasteiger partial charge in [0.2, 0.25) is 6.10 Å². The Kier molecular flexibility index (Phi) is 6.58. The van der Waals surface area contributed by atoms with E-state index < -0.39 is 11.9 Å². The summed E-state index contributed by atoms with van der Waals surface area (Å²) >= 11 is 6.01. The largest absolute Gasteiger partial charge is 0.474 e. The average molecular weight is 351 g/mol. The Labute approximate surface area is 146 Å². The third-order valence-corrected chi connectivity index (χ3v) is 3.85. The molecule has 0 spiro atoms. The highest BCUT2D eigenvalue weighted by molar-refractivity contribution is 6.32. The van der Waals surface area contributed by atoms with Crippen LogP contribution in [-0.4, -0.2) is 25.5 Å². The summed E-state index contributed by atoms with van der Waals surface area (Å²) in [6, 6.07) is 13.0. The average Bonchev–Trinajstić information content (AvgIpc) is 2.59. The van der Waals surface area contributed by atoms with Crippen LogP contribution < -0.4 is 15.4 Å². The van der Waals surface area contributed by atoms with Gasteiger partial charge in [-0.15, -0.1) is 0 Å². The number of benzene rings is 2. The van der Waals surface area contributed by atoms with Gasteiger partial charge in [0.1, 0.15) is 11.6 Å². The van der Waals surface area contributed by atoms with Crippen molar-refractivity contribution in [2.75, 3.05) is 13.6 Å². The van der Waals surface area contributed by atoms with Crippen LogP contribution in [0.4, 0.5) is 4.39 Å². The molecule has 0 aromatic heterocycles. The number of likely N-dealkylation sites (N-methyl/N-ethyl adjacent to an activating group) is 1. The summed E-state index contributed by atoms with van der Waals surface area (Å²) in [6.07, 6.45) is -0.877. The van der Waals surface area contributed by atoms with Crippen molar-refractivity contribution in [2.45, 2.75) is 19.1 Å². The first-order valence-electron chi connectivity index (χ1n) is 7.63. The standard InChI is InChI=1S/C18H20ClFN2O2/c1-12(21-2)11-22-18(23)17(13-6-4-3-5-7-13)24-16-9-8-14(20)10-15(16)19/h3-10,12,17,21H,11H2,1-2H3,(H,22,23). The van der Waals surface area contributed by atoms with Crippen LogP contribution in [0, 0.1) is 5.82 Å². The van der Waals surface area contributed by atoms with Crippen LogP contribution in [0.25, 0.3) is 0 Å². The summed E-state index contributed by atoms with van der Waals surface area (Å²) in [5.74, 6) is -0.497. The van der Waals surface area contributed by atoms with Gasteiger partial charge in [0.05, 0.1) is 5.02 Å². The van der Waals surface area contributed by atoms with Crippen molar-refractivity contribution < 1.29 is 13.9 Å². The molecule has 0 aliphatic carbocycles. The predicted octanol–water partition coefficient (Wildman–Crippen LogP) is 3.32. The van der Waals surface area contributed by atoms with Crippen LogP contribution in [0.3, 0.4) is 0 Å². The Morgan fingerprint density at radius 2 is 1.96 bits per heavy atom. The highest BCUT2D eigenvalue weighted by Crippen LogP contribution is 2.29. The Balaban J connectivity index is 2.21. The number of carbonyl (C=O) groups is 1. The first kappa shape index (κ1) is 18.2. The molecule has 0 fully saturated rings. The van der Waals surface area contributed by atoms with Crippen molar-refractivity contribution >= 4 is 17.5 Å². The van der Waals surface area contributed by atoms with E-state index in [4.69, 9.17) is 16.3 Å². The lowest BCUT2D eigenvalue weighted by Crippen LogP contribution is -2.40. The molecule has 6 heteroatoms. The van der Waals surface area contributed by atoms with E-state index in [1.165, 1.54) is 12.1 Å². The van der Waals surface area contributed by atoms with Crippen LogP contribution in [-0.2, 0) is 4.79 Å². The molecule has 2 N–H and O–H groups in total. The van der Waals surface area contributed by atoms with E-state index in [9.17, 15) is 9.18 Å². The molecule has 2 aromatic carbocycles. The van der Waals surface area contributed by atoms with Crippen LogP contribution in [0.2, 0.25) is 5.02 Å². The fourth-order valence-electron chi connectivity index (χ4n) is 2.05. The third-order valence-electron chi connectivity index (χ3n) is 3.55. The van der Waals surface area contributed by atoms with Crippen molar-refractivity contribution in [2.24, 2.45) is 0 Å². The van der Waals surface area contributed by atoms with Crippen LogP contribution in [0.5, 0.6) is 5.75 Å². The Hall–Kier alpha value is -2.11. The van der Waals surface area contributed by atoms with Crippen LogP contribution >= 0.6 is 11.6 Å². The van der Waals surface area contributed by atoms with Gasteiger partial charge in [0.15, 0.2) is 0 Å². The monoisotopic (exact) mass is 350 g/mol. The quantitative estimate of drug-likeness (QED) is 0.805. The summed E-state index contributed by atoms with van der Waals surface area (Å²) in [5, 5.41) is 6.00. The molecular formula is C18H20ClFN2O2. The molecule has 2 unspecified atom stereocenters. The summed E-state index contributed by atoms with van der Waals surface area (Å²) in [6.45, 7) is 2.41. The zero-order chi connectivity index (χ0) is 17.5. The third kappa shape index (κ3) is 4.94. The van der Waals surface area contributed by atoms with Gasteiger partial charge in [-0.25, -0.2) is 4.39 Å². The first-order valence-corrected chi connectivity index (χ1v) is 8.00. The summed E-state index contributed by atoms with van der Waals surface area (Å²) in [7, 11) is 1.82. The molecule has 0 aliphatic heterocycles. The minimum atomic E-state index is -0.877. The molecule has 0 radical (unpaired) electrons. The van der Waals surface area contributed by atoms with Crippen molar-refractivity contribution in [3.63, 3.8) is 0 Å². The molecule has 2 atom stereocenters. The van der Waals surface area contributed by atoms with E-state index in [1.807, 2.05) is 32.2 Å². The number of carbonyl (C=O) groups excluding carboxylic acids is 1. The molecule has 24 heavy (non-hydrogen) atoms. The number of ether oxygens (including phenoxy) is 1. The van der Waals surface area contributed by atoms with Gasteiger partial charge in [-0.05, 0) is 32.2 Å². The van der Waals surface area contributed by atoms with Crippen LogP contribution in [0.15, 0.2) is 48.5 Å². The maximum atomic E-state index is 13.2. The fraction of sp³-hybridized carbons (Fsp3) is 0.278. The topological polar surface area (TPSA) is 50.4 Å². The molecule has 0 saturated carbocycles. The Morgan fingerprint density at radius 1 is 1.25 bits per heavy atom. The smallest absolute Gasteiger partial charge is 0.265 e. The number of rotatable bonds is 7. The normalized spacial score (nSPS) is 13.2. The fourth-order valence-corrected chi connectivity index (χ4v) is 2.26. The molecule has 2 rings (SSSR count). The van der Waals surface area contributed by atoms with Gasteiger partial charge >= 0.3 is 0 Å². The second-order valence-electron chi connectivity index (χ2n) is 5.42. The Bertz CT molecular complexity index is 682. The molecule has 0 saturated heterocycles. The number of hydrogen-bond donors (Lipinski definition) is 2. The molecule has 0 aliphatic rings. The predicted molar refractivity (Wildman–Crippen MR) is 92.8 cm³/mol. The van der Waals surface area contributed by atoms with Crippen molar-refractivity contribution in [1.82, 2.24) is 10.6 Å². The van der Waals surface area contributed by atoms with Gasteiger partial charge in [-0.1, -0.05) is 41.9 Å². The molecule has 0 heterocycles. The van der Waals surface area contributed by atoms with E-state index in [0.717, 1.165) is 6.07 Å². The van der Waals surface area contributed by atoms with E-state index in [0.29, 0.717) is 12.1 Å². The second kappa shape index (κ2) is 8.66. The number of nitrogens with one attached hydrogen (secondary N) is 2. The first-order chi connectivity index (χ1) is 11.5. The van der Waals surface area contributed by atoms with Gasteiger partial charge in [0, 0.05) is 18.2 Å². The molecule has 4 nitrogen and oxygen atoms in total. The molecule has 128 valence electrons. The SMILES string of the molecule is CNC(C)CNC(=O)C(Oc1ccc(F)cc1Cl)c1ccccc1. The molecule has 1 amide bonds. The second-order valence-corrected chi connectivity index (χ2v) is 5.83. The van der Waals surface area contributed by atoms with E-state index in [2.05, 4.69) is 10.6 Å². The number of hydrogen-bond acceptors (Lipinski definition) is 3.